The Morgan fingerprint density at radius 3 is 2.41 bits per heavy atom. The molecule has 17 heavy (non-hydrogen) atoms. The first-order valence-corrected chi connectivity index (χ1v) is 6.94. The van der Waals surface area contributed by atoms with Crippen LogP contribution in [0.25, 0.3) is 0 Å². The lowest BCUT2D eigenvalue weighted by atomic mass is 9.99. The Morgan fingerprint density at radius 1 is 1.06 bits per heavy atom. The van der Waals surface area contributed by atoms with E-state index < -0.39 is 0 Å². The molecule has 4 heteroatoms. The highest BCUT2D eigenvalue weighted by molar-refractivity contribution is 6.42. The molecule has 1 aromatic carbocycles. The number of fused-ring (bicyclic) bond motifs is 2. The van der Waals surface area contributed by atoms with Crippen LogP contribution in [0.1, 0.15) is 25.7 Å². The van der Waals surface area contributed by atoms with Gasteiger partial charge in [0.25, 0.3) is 0 Å². The number of rotatable bonds is 2. The highest BCUT2D eigenvalue weighted by Crippen LogP contribution is 2.30. The van der Waals surface area contributed by atoms with Crippen LogP contribution in [0.2, 0.25) is 10.0 Å². The smallest absolute Gasteiger partial charge is 0.0612 e. The summed E-state index contributed by atoms with van der Waals surface area (Å²) in [6.07, 6.45) is 5.06. The number of hydrogen-bond donors (Lipinski definition) is 2. The molecule has 0 aromatic heterocycles. The first-order chi connectivity index (χ1) is 8.20. The Kier molecular flexibility index (Phi) is 3.20. The zero-order valence-electron chi connectivity index (χ0n) is 9.55. The Morgan fingerprint density at radius 2 is 1.76 bits per heavy atom. The molecular formula is C13H16Cl2N2. The Balaban J connectivity index is 1.68. The van der Waals surface area contributed by atoms with E-state index in [4.69, 9.17) is 23.2 Å². The maximum Gasteiger partial charge on any atom is 0.0612 e. The van der Waals surface area contributed by atoms with Crippen molar-refractivity contribution in [1.82, 2.24) is 5.32 Å². The topological polar surface area (TPSA) is 24.1 Å². The molecule has 92 valence electrons. The van der Waals surface area contributed by atoms with Crippen molar-refractivity contribution in [2.24, 2.45) is 0 Å². The lowest BCUT2D eigenvalue weighted by Gasteiger charge is -2.30. The average molecular weight is 271 g/mol. The zero-order valence-corrected chi connectivity index (χ0v) is 11.1. The van der Waals surface area contributed by atoms with Crippen LogP contribution in [0.3, 0.4) is 0 Å². The molecule has 3 rings (SSSR count). The van der Waals surface area contributed by atoms with Gasteiger partial charge in [0.05, 0.1) is 10.0 Å². The van der Waals surface area contributed by atoms with Crippen molar-refractivity contribution in [3.8, 4) is 0 Å². The van der Waals surface area contributed by atoms with Gasteiger partial charge in [-0.3, -0.25) is 0 Å². The first-order valence-electron chi connectivity index (χ1n) is 6.18. The molecule has 2 atom stereocenters. The van der Waals surface area contributed by atoms with Crippen molar-refractivity contribution in [3.63, 3.8) is 0 Å². The molecule has 2 unspecified atom stereocenters. The standard InChI is InChI=1S/C13H16Cl2N2/c14-12-4-3-10(7-13(12)15)17-11-5-8-1-2-9(6-11)16-8/h3-4,7-9,11,16-17H,1-2,5-6H2. The van der Waals surface area contributed by atoms with E-state index >= 15 is 0 Å². The van der Waals surface area contributed by atoms with Crippen LogP contribution in [-0.2, 0) is 0 Å². The van der Waals surface area contributed by atoms with Crippen molar-refractivity contribution in [2.75, 3.05) is 5.32 Å². The second-order valence-electron chi connectivity index (χ2n) is 5.08. The minimum atomic E-state index is 0.561. The monoisotopic (exact) mass is 270 g/mol. The third-order valence-corrected chi connectivity index (χ3v) is 4.50. The number of anilines is 1. The van der Waals surface area contributed by atoms with Gasteiger partial charge in [0, 0.05) is 23.8 Å². The third kappa shape index (κ3) is 2.54. The van der Waals surface area contributed by atoms with Gasteiger partial charge < -0.3 is 10.6 Å². The minimum absolute atomic E-state index is 0.561. The first kappa shape index (κ1) is 11.6. The van der Waals surface area contributed by atoms with Crippen LogP contribution in [0.5, 0.6) is 0 Å². The molecule has 2 saturated heterocycles. The van der Waals surface area contributed by atoms with E-state index in [0.717, 1.165) is 5.69 Å². The summed E-state index contributed by atoms with van der Waals surface area (Å²) in [6.45, 7) is 0. The largest absolute Gasteiger partial charge is 0.382 e. The molecule has 2 bridgehead atoms. The highest BCUT2D eigenvalue weighted by atomic mass is 35.5. The van der Waals surface area contributed by atoms with Crippen LogP contribution in [0, 0.1) is 0 Å². The summed E-state index contributed by atoms with van der Waals surface area (Å²) in [5.41, 5.74) is 1.07. The van der Waals surface area contributed by atoms with Crippen LogP contribution in [-0.4, -0.2) is 18.1 Å². The number of benzene rings is 1. The molecule has 0 spiro atoms. The molecule has 2 N–H and O–H groups in total. The molecule has 2 aliphatic rings. The lowest BCUT2D eigenvalue weighted by Crippen LogP contribution is -2.43. The van der Waals surface area contributed by atoms with Crippen LogP contribution >= 0.6 is 23.2 Å². The van der Waals surface area contributed by atoms with Gasteiger partial charge in [0.1, 0.15) is 0 Å². The van der Waals surface area contributed by atoms with E-state index in [2.05, 4.69) is 10.6 Å². The van der Waals surface area contributed by atoms with E-state index in [1.165, 1.54) is 25.7 Å². The predicted molar refractivity (Wildman–Crippen MR) is 73.1 cm³/mol. The average Bonchev–Trinajstić information content (AvgIpc) is 2.64. The van der Waals surface area contributed by atoms with Crippen LogP contribution < -0.4 is 10.6 Å². The van der Waals surface area contributed by atoms with Crippen molar-refractivity contribution in [3.05, 3.63) is 28.2 Å². The molecule has 0 saturated carbocycles. The number of halogens is 2. The molecule has 2 fully saturated rings. The number of hydrogen-bond acceptors (Lipinski definition) is 2. The van der Waals surface area contributed by atoms with Gasteiger partial charge in [0.2, 0.25) is 0 Å². The minimum Gasteiger partial charge on any atom is -0.382 e. The summed E-state index contributed by atoms with van der Waals surface area (Å²) in [4.78, 5) is 0. The number of piperidine rings is 1. The van der Waals surface area contributed by atoms with Crippen LogP contribution in [0.15, 0.2) is 18.2 Å². The SMILES string of the molecule is Clc1ccc(NC2CC3CCC(C2)N3)cc1Cl. The van der Waals surface area contributed by atoms with Gasteiger partial charge in [-0.2, -0.15) is 0 Å². The van der Waals surface area contributed by atoms with Crippen molar-refractivity contribution < 1.29 is 0 Å². The van der Waals surface area contributed by atoms with Crippen molar-refractivity contribution >= 4 is 28.9 Å². The second kappa shape index (κ2) is 4.68. The van der Waals surface area contributed by atoms with E-state index in [-0.39, 0.29) is 0 Å². The van der Waals surface area contributed by atoms with Gasteiger partial charge in [-0.15, -0.1) is 0 Å². The summed E-state index contributed by atoms with van der Waals surface area (Å²) in [7, 11) is 0. The highest BCUT2D eigenvalue weighted by Gasteiger charge is 2.33. The third-order valence-electron chi connectivity index (χ3n) is 3.76. The maximum atomic E-state index is 6.02. The van der Waals surface area contributed by atoms with Crippen LogP contribution in [0.4, 0.5) is 5.69 Å². The molecule has 2 aliphatic heterocycles. The fourth-order valence-electron chi connectivity index (χ4n) is 3.00. The zero-order chi connectivity index (χ0) is 11.8. The van der Waals surface area contributed by atoms with Crippen molar-refractivity contribution in [2.45, 2.75) is 43.8 Å². The molecule has 0 aliphatic carbocycles. The summed E-state index contributed by atoms with van der Waals surface area (Å²) in [5, 5.41) is 8.44. The van der Waals surface area contributed by atoms with Crippen molar-refractivity contribution in [1.29, 1.82) is 0 Å². The summed E-state index contributed by atoms with van der Waals surface area (Å²) in [6, 6.07) is 7.72. The van der Waals surface area contributed by atoms with E-state index in [9.17, 15) is 0 Å². The van der Waals surface area contributed by atoms with E-state index in [1.54, 1.807) is 0 Å². The summed E-state index contributed by atoms with van der Waals surface area (Å²) in [5.74, 6) is 0. The maximum absolute atomic E-state index is 6.02. The number of nitrogens with one attached hydrogen (secondary N) is 2. The molecule has 0 radical (unpaired) electrons. The Hall–Kier alpha value is -0.440. The van der Waals surface area contributed by atoms with Gasteiger partial charge in [-0.05, 0) is 43.9 Å². The molecule has 0 amide bonds. The van der Waals surface area contributed by atoms with E-state index in [0.29, 0.717) is 28.2 Å². The summed E-state index contributed by atoms with van der Waals surface area (Å²) < 4.78 is 0. The fraction of sp³-hybridized carbons (Fsp3) is 0.538. The van der Waals surface area contributed by atoms with Gasteiger partial charge in [-0.25, -0.2) is 0 Å². The molecule has 2 heterocycles. The van der Waals surface area contributed by atoms with E-state index in [1.807, 2.05) is 18.2 Å². The quantitative estimate of drug-likeness (QED) is 0.857. The predicted octanol–water partition coefficient (Wildman–Crippen LogP) is 3.69. The van der Waals surface area contributed by atoms with Gasteiger partial charge >= 0.3 is 0 Å². The normalized spacial score (nSPS) is 31.5. The van der Waals surface area contributed by atoms with Gasteiger partial charge in [-0.1, -0.05) is 23.2 Å². The fourth-order valence-corrected chi connectivity index (χ4v) is 3.29. The van der Waals surface area contributed by atoms with Gasteiger partial charge in [0.15, 0.2) is 0 Å². The lowest BCUT2D eigenvalue weighted by molar-refractivity contribution is 0.378. The molecular weight excluding hydrogens is 255 g/mol. The Bertz CT molecular complexity index is 410. The summed E-state index contributed by atoms with van der Waals surface area (Å²) >= 11 is 11.9. The Labute approximate surface area is 112 Å². The molecule has 1 aromatic rings. The molecule has 2 nitrogen and oxygen atoms in total. The second-order valence-corrected chi connectivity index (χ2v) is 5.89.